The van der Waals surface area contributed by atoms with Crippen molar-refractivity contribution in [1.29, 1.82) is 0 Å². The molecule has 6 aromatic rings. The summed E-state index contributed by atoms with van der Waals surface area (Å²) in [4.78, 5) is 0. The molecule has 0 fully saturated rings. The Balaban J connectivity index is 0.00000267. The maximum Gasteiger partial charge on any atom is 2.00 e. The summed E-state index contributed by atoms with van der Waals surface area (Å²) in [5, 5.41) is 14.7. The molecule has 0 spiro atoms. The van der Waals surface area contributed by atoms with Crippen LogP contribution in [0, 0.1) is 0 Å². The normalized spacial score (nSPS) is 12.1. The Labute approximate surface area is 235 Å². The van der Waals surface area contributed by atoms with Crippen LogP contribution in [0.15, 0.2) is 97.1 Å². The number of rotatable bonds is 8. The van der Waals surface area contributed by atoms with Crippen molar-refractivity contribution in [2.75, 3.05) is 0 Å². The number of fused-ring (bicyclic) bond motifs is 6. The molecule has 0 nitrogen and oxygen atoms in total. The summed E-state index contributed by atoms with van der Waals surface area (Å²) in [6.45, 7) is 4.71. The minimum Gasteiger partial charge on any atom is -0.126 e. The molecule has 0 N–H and O–H groups in total. The molecular weight excluding hydrogens is 528 g/mol. The van der Waals surface area contributed by atoms with Crippen LogP contribution < -0.4 is 10.4 Å². The van der Waals surface area contributed by atoms with Gasteiger partial charge in [-0.25, -0.2) is 0 Å². The zero-order valence-electron chi connectivity index (χ0n) is 21.5. The van der Waals surface area contributed by atoms with Gasteiger partial charge in [-0.1, -0.05) is 124 Å². The number of hydrogen-bond donors (Lipinski definition) is 0. The summed E-state index contributed by atoms with van der Waals surface area (Å²) in [5.74, 6) is 0. The van der Waals surface area contributed by atoms with E-state index in [9.17, 15) is 0 Å². The quantitative estimate of drug-likeness (QED) is 0.129. The molecule has 0 aliphatic carbocycles. The van der Waals surface area contributed by atoms with Crippen LogP contribution in [-0.4, -0.2) is 8.07 Å². The van der Waals surface area contributed by atoms with Gasteiger partial charge in [-0.2, -0.15) is 0 Å². The monoisotopic (exact) mass is 560 g/mol. The second-order valence-electron chi connectivity index (χ2n) is 10.3. The van der Waals surface area contributed by atoms with Gasteiger partial charge in [0.05, 0.1) is 0 Å². The molecule has 0 amide bonds. The van der Waals surface area contributed by atoms with Crippen LogP contribution >= 0.6 is 0 Å². The van der Waals surface area contributed by atoms with E-state index in [1.807, 2.05) is 0 Å². The minimum atomic E-state index is -2.04. The van der Waals surface area contributed by atoms with E-state index in [0.29, 0.717) is 0 Å². The van der Waals surface area contributed by atoms with Gasteiger partial charge < -0.3 is 0 Å². The summed E-state index contributed by atoms with van der Waals surface area (Å²) in [6, 6.07) is 39.9. The molecule has 6 aromatic carbocycles. The molecule has 0 saturated carbocycles. The fourth-order valence-electron chi connectivity index (χ4n) is 6.56. The van der Waals surface area contributed by atoms with E-state index >= 15 is 0 Å². The molecule has 0 aliphatic heterocycles. The van der Waals surface area contributed by atoms with E-state index in [1.54, 1.807) is 10.4 Å². The number of benzene rings is 4. The Morgan fingerprint density at radius 3 is 1.39 bits per heavy atom. The van der Waals surface area contributed by atoms with Crippen molar-refractivity contribution in [1.82, 2.24) is 0 Å². The summed E-state index contributed by atoms with van der Waals surface area (Å²) in [5.41, 5.74) is 0. The maximum absolute atomic E-state index is 2.50. The first-order chi connectivity index (χ1) is 17.3. The van der Waals surface area contributed by atoms with E-state index in [1.165, 1.54) is 80.9 Å². The van der Waals surface area contributed by atoms with Gasteiger partial charge in [0.1, 0.15) is 0 Å². The molecule has 0 bridgehead atoms. The fraction of sp³-hybridized carbons (Fsp3) is 0.235. The van der Waals surface area contributed by atoms with Crippen LogP contribution in [0.25, 0.3) is 43.1 Å². The molecule has 0 saturated heterocycles. The van der Waals surface area contributed by atoms with Crippen molar-refractivity contribution in [2.24, 2.45) is 0 Å². The molecule has 6 rings (SSSR count). The predicted molar refractivity (Wildman–Crippen MR) is 159 cm³/mol. The van der Waals surface area contributed by atoms with E-state index in [-0.39, 0.29) is 26.2 Å². The zero-order valence-corrected chi connectivity index (χ0v) is 24.9. The van der Waals surface area contributed by atoms with Crippen LogP contribution in [0.2, 0.25) is 12.1 Å². The number of unbranched alkanes of at least 4 members (excludes halogenated alkanes) is 2. The van der Waals surface area contributed by atoms with E-state index < -0.39 is 8.07 Å². The molecule has 0 aromatic heterocycles. The van der Waals surface area contributed by atoms with Crippen molar-refractivity contribution in [3.8, 4) is 0 Å². The Bertz CT molecular complexity index is 1510. The molecule has 0 atom stereocenters. The molecule has 36 heavy (non-hydrogen) atoms. The molecular formula is C34H34SiZr. The first kappa shape index (κ1) is 25.4. The van der Waals surface area contributed by atoms with Gasteiger partial charge in [-0.3, -0.25) is 0 Å². The summed E-state index contributed by atoms with van der Waals surface area (Å²) >= 11 is 0. The van der Waals surface area contributed by atoms with Crippen LogP contribution in [0.1, 0.15) is 39.5 Å². The second-order valence-corrected chi connectivity index (χ2v) is 14.5. The van der Waals surface area contributed by atoms with Gasteiger partial charge in [0.2, 0.25) is 0 Å². The van der Waals surface area contributed by atoms with Crippen LogP contribution in [0.3, 0.4) is 0 Å². The first-order valence-electron chi connectivity index (χ1n) is 13.4. The van der Waals surface area contributed by atoms with Crippen molar-refractivity contribution in [3.63, 3.8) is 0 Å². The summed E-state index contributed by atoms with van der Waals surface area (Å²) in [6.07, 6.45) is 5.09. The number of hydrogen-bond acceptors (Lipinski definition) is 0. The van der Waals surface area contributed by atoms with Gasteiger partial charge in [0.15, 0.2) is 0 Å². The Hall–Kier alpha value is -2.28. The largest absolute Gasteiger partial charge is 2.00 e. The van der Waals surface area contributed by atoms with Gasteiger partial charge in [0, 0.05) is 8.07 Å². The average Bonchev–Trinajstić information content (AvgIpc) is 3.48. The Morgan fingerprint density at radius 2 is 0.944 bits per heavy atom. The van der Waals surface area contributed by atoms with Gasteiger partial charge in [0.25, 0.3) is 0 Å². The predicted octanol–water partition coefficient (Wildman–Crippen LogP) is 8.90. The standard InChI is InChI=1S/C34H34Si.Zr/c1-3-5-21-35(22-6-4-2,33-19-11-17-29-27-15-9-7-13-25(27)23-31(29)33)34-20-12-18-30-28-16-10-8-14-26(28)24-32(30)34;/h7-20,23-24H,3-6,21-22H2,1-2H3;/q-2;+2. The smallest absolute Gasteiger partial charge is 0.126 e. The van der Waals surface area contributed by atoms with Crippen molar-refractivity contribution < 1.29 is 26.2 Å². The van der Waals surface area contributed by atoms with Gasteiger partial charge >= 0.3 is 26.2 Å². The van der Waals surface area contributed by atoms with Gasteiger partial charge in [-0.05, 0) is 0 Å². The van der Waals surface area contributed by atoms with E-state index in [4.69, 9.17) is 0 Å². The van der Waals surface area contributed by atoms with Gasteiger partial charge in [-0.15, -0.1) is 77.7 Å². The third-order valence-corrected chi connectivity index (χ3v) is 13.6. The first-order valence-corrected chi connectivity index (χ1v) is 15.8. The third-order valence-electron chi connectivity index (χ3n) is 8.26. The van der Waals surface area contributed by atoms with Crippen LogP contribution in [0.5, 0.6) is 0 Å². The van der Waals surface area contributed by atoms with E-state index in [2.05, 4.69) is 111 Å². The van der Waals surface area contributed by atoms with E-state index in [0.717, 1.165) is 0 Å². The van der Waals surface area contributed by atoms with Crippen LogP contribution in [-0.2, 0) is 26.2 Å². The average molecular weight is 562 g/mol. The molecule has 2 heteroatoms. The molecule has 0 radical (unpaired) electrons. The fourth-order valence-corrected chi connectivity index (χ4v) is 12.4. The minimum absolute atomic E-state index is 0. The Kier molecular flexibility index (Phi) is 7.47. The topological polar surface area (TPSA) is 0 Å². The molecule has 0 heterocycles. The molecule has 0 aliphatic rings. The van der Waals surface area contributed by atoms with Crippen molar-refractivity contribution >= 4 is 61.5 Å². The second kappa shape index (κ2) is 10.6. The maximum atomic E-state index is 2.50. The zero-order chi connectivity index (χ0) is 23.8. The summed E-state index contributed by atoms with van der Waals surface area (Å²) in [7, 11) is -2.04. The molecule has 0 unspecified atom stereocenters. The third kappa shape index (κ3) is 4.07. The van der Waals surface area contributed by atoms with Crippen molar-refractivity contribution in [3.05, 3.63) is 97.1 Å². The SMILES string of the molecule is CCCC[Si](CCCC)(c1cccc2c1[cH-]c1ccccc12)c1cccc2c1[cH-]c1ccccc12.[Zr+2]. The van der Waals surface area contributed by atoms with Crippen molar-refractivity contribution in [2.45, 2.75) is 51.6 Å². The molecule has 178 valence electrons. The summed E-state index contributed by atoms with van der Waals surface area (Å²) < 4.78 is 0. The Morgan fingerprint density at radius 1 is 0.528 bits per heavy atom. The van der Waals surface area contributed by atoms with Crippen LogP contribution in [0.4, 0.5) is 0 Å².